The molecule has 0 saturated heterocycles. The quantitative estimate of drug-likeness (QED) is 0.777. The van der Waals surface area contributed by atoms with E-state index >= 15 is 0 Å². The molecule has 1 N–H and O–H groups in total. The van der Waals surface area contributed by atoms with E-state index < -0.39 is 0 Å². The number of aliphatic imine (C=N–C) groups is 1. The fourth-order valence-electron chi connectivity index (χ4n) is 1.86. The van der Waals surface area contributed by atoms with Gasteiger partial charge in [-0.05, 0) is 24.2 Å². The zero-order chi connectivity index (χ0) is 10.2. The second kappa shape index (κ2) is 3.76. The molecular weight excluding hydrogens is 192 g/mol. The smallest absolute Gasteiger partial charge is 0.156 e. The highest BCUT2D eigenvalue weighted by Crippen LogP contribution is 2.51. The zero-order valence-electron chi connectivity index (χ0n) is 9.34. The molecule has 0 spiro atoms. The third-order valence-electron chi connectivity index (χ3n) is 3.39. The number of thioether (sulfide) groups is 1. The topological polar surface area (TPSA) is 24.4 Å². The van der Waals surface area contributed by atoms with Gasteiger partial charge in [0, 0.05) is 11.8 Å². The van der Waals surface area contributed by atoms with Crippen LogP contribution in [0.5, 0.6) is 0 Å². The Bertz CT molecular complexity index is 248. The maximum atomic E-state index is 4.50. The lowest BCUT2D eigenvalue weighted by molar-refractivity contribution is 0.552. The third-order valence-corrected chi connectivity index (χ3v) is 4.70. The van der Waals surface area contributed by atoms with Gasteiger partial charge in [-0.3, -0.25) is 4.99 Å². The van der Waals surface area contributed by atoms with Crippen LogP contribution in [0.25, 0.3) is 0 Å². The van der Waals surface area contributed by atoms with Crippen LogP contribution in [0.3, 0.4) is 0 Å². The molecule has 0 bridgehead atoms. The van der Waals surface area contributed by atoms with Gasteiger partial charge in [-0.25, -0.2) is 0 Å². The van der Waals surface area contributed by atoms with E-state index in [9.17, 15) is 0 Å². The first-order valence-electron chi connectivity index (χ1n) is 5.57. The first-order chi connectivity index (χ1) is 6.62. The summed E-state index contributed by atoms with van der Waals surface area (Å²) in [5.74, 6) is 0.867. The van der Waals surface area contributed by atoms with Crippen LogP contribution in [0.15, 0.2) is 4.99 Å². The van der Waals surface area contributed by atoms with Gasteiger partial charge in [-0.1, -0.05) is 32.5 Å². The van der Waals surface area contributed by atoms with Crippen LogP contribution in [-0.4, -0.2) is 23.5 Å². The predicted molar refractivity (Wildman–Crippen MR) is 63.9 cm³/mol. The average Bonchev–Trinajstić information content (AvgIpc) is 2.62. The van der Waals surface area contributed by atoms with E-state index in [1.807, 2.05) is 11.8 Å². The molecule has 0 aromatic heterocycles. The first kappa shape index (κ1) is 10.3. The number of nitrogens with zero attached hydrogens (tertiary/aromatic N) is 1. The van der Waals surface area contributed by atoms with Crippen molar-refractivity contribution in [1.82, 2.24) is 5.32 Å². The lowest BCUT2D eigenvalue weighted by Crippen LogP contribution is -2.23. The van der Waals surface area contributed by atoms with E-state index in [-0.39, 0.29) is 0 Å². The van der Waals surface area contributed by atoms with Gasteiger partial charge in [-0.15, -0.1) is 0 Å². The molecule has 1 aliphatic carbocycles. The number of hydrogen-bond acceptors (Lipinski definition) is 3. The highest BCUT2D eigenvalue weighted by atomic mass is 32.2. The lowest BCUT2D eigenvalue weighted by Gasteiger charge is -2.07. The summed E-state index contributed by atoms with van der Waals surface area (Å²) in [6.07, 6.45) is 2.60. The van der Waals surface area contributed by atoms with Crippen molar-refractivity contribution in [2.75, 3.05) is 13.1 Å². The van der Waals surface area contributed by atoms with Gasteiger partial charge < -0.3 is 5.32 Å². The van der Waals surface area contributed by atoms with Crippen LogP contribution in [0, 0.1) is 11.3 Å². The standard InChI is InChI=1S/C11H20N2S/c1-4-9-7-13-10(14-9)12-6-8-5-11(8,2)3/h8-9H,4-7H2,1-3H3,(H,12,13). The molecule has 1 aliphatic heterocycles. The second-order valence-electron chi connectivity index (χ2n) is 5.06. The highest BCUT2D eigenvalue weighted by molar-refractivity contribution is 8.14. The average molecular weight is 212 g/mol. The van der Waals surface area contributed by atoms with E-state index in [1.54, 1.807) is 0 Å². The van der Waals surface area contributed by atoms with Gasteiger partial charge >= 0.3 is 0 Å². The van der Waals surface area contributed by atoms with Crippen molar-refractivity contribution in [2.24, 2.45) is 16.3 Å². The fourth-order valence-corrected chi connectivity index (χ4v) is 2.81. The number of hydrogen-bond donors (Lipinski definition) is 1. The molecule has 1 heterocycles. The molecule has 2 rings (SSSR count). The van der Waals surface area contributed by atoms with Crippen LogP contribution in [0.4, 0.5) is 0 Å². The molecule has 0 amide bonds. The maximum Gasteiger partial charge on any atom is 0.156 e. The van der Waals surface area contributed by atoms with Crippen LogP contribution in [0.1, 0.15) is 33.6 Å². The van der Waals surface area contributed by atoms with Crippen molar-refractivity contribution in [3.05, 3.63) is 0 Å². The van der Waals surface area contributed by atoms with Gasteiger partial charge in [0.25, 0.3) is 0 Å². The maximum absolute atomic E-state index is 4.50. The summed E-state index contributed by atoms with van der Waals surface area (Å²) in [6.45, 7) is 9.06. The molecule has 1 saturated carbocycles. The minimum Gasteiger partial charge on any atom is -0.365 e. The minimum atomic E-state index is 0.584. The second-order valence-corrected chi connectivity index (χ2v) is 6.35. The molecule has 2 unspecified atom stereocenters. The van der Waals surface area contributed by atoms with E-state index in [1.165, 1.54) is 18.0 Å². The SMILES string of the molecule is CCC1CN=C(NCC2CC2(C)C)S1. The largest absolute Gasteiger partial charge is 0.365 e. The highest BCUT2D eigenvalue weighted by Gasteiger charge is 2.45. The fraction of sp³-hybridized carbons (Fsp3) is 0.909. The molecular formula is C11H20N2S. The van der Waals surface area contributed by atoms with Crippen molar-refractivity contribution >= 4 is 16.9 Å². The summed E-state index contributed by atoms with van der Waals surface area (Å²) < 4.78 is 0. The van der Waals surface area contributed by atoms with Crippen molar-refractivity contribution in [2.45, 2.75) is 38.9 Å². The van der Waals surface area contributed by atoms with Crippen molar-refractivity contribution in [3.63, 3.8) is 0 Å². The summed E-state index contributed by atoms with van der Waals surface area (Å²) in [5, 5.41) is 5.38. The number of rotatable bonds is 3. The van der Waals surface area contributed by atoms with Crippen LogP contribution in [-0.2, 0) is 0 Å². The van der Waals surface area contributed by atoms with Crippen LogP contribution >= 0.6 is 11.8 Å². The Morgan fingerprint density at radius 3 is 2.79 bits per heavy atom. The Balaban J connectivity index is 1.68. The van der Waals surface area contributed by atoms with Gasteiger partial charge in [0.1, 0.15) is 0 Å². The molecule has 2 atom stereocenters. The first-order valence-corrected chi connectivity index (χ1v) is 6.45. The Morgan fingerprint density at radius 2 is 2.29 bits per heavy atom. The Hall–Kier alpha value is -0.180. The molecule has 0 aromatic rings. The summed E-state index contributed by atoms with van der Waals surface area (Å²) >= 11 is 1.92. The van der Waals surface area contributed by atoms with Crippen molar-refractivity contribution in [1.29, 1.82) is 0 Å². The molecule has 2 aliphatic rings. The molecule has 1 fully saturated rings. The van der Waals surface area contributed by atoms with Gasteiger partial charge in [0.05, 0.1) is 6.54 Å². The Morgan fingerprint density at radius 1 is 1.57 bits per heavy atom. The lowest BCUT2D eigenvalue weighted by atomic mass is 10.1. The number of nitrogens with one attached hydrogen (secondary N) is 1. The molecule has 0 aromatic carbocycles. The van der Waals surface area contributed by atoms with E-state index in [0.717, 1.165) is 24.3 Å². The summed E-state index contributed by atoms with van der Waals surface area (Å²) in [5.41, 5.74) is 0.584. The van der Waals surface area contributed by atoms with Crippen LogP contribution < -0.4 is 5.32 Å². The molecule has 80 valence electrons. The van der Waals surface area contributed by atoms with Gasteiger partial charge in [0.2, 0.25) is 0 Å². The third kappa shape index (κ3) is 2.25. The molecule has 3 heteroatoms. The summed E-state index contributed by atoms with van der Waals surface area (Å²) in [4.78, 5) is 4.50. The molecule has 0 radical (unpaired) electrons. The minimum absolute atomic E-state index is 0.584. The van der Waals surface area contributed by atoms with Gasteiger partial charge in [0.15, 0.2) is 5.17 Å². The zero-order valence-corrected chi connectivity index (χ0v) is 10.2. The normalized spacial score (nSPS) is 34.1. The molecule has 14 heavy (non-hydrogen) atoms. The molecule has 2 nitrogen and oxygen atoms in total. The van der Waals surface area contributed by atoms with Crippen LogP contribution in [0.2, 0.25) is 0 Å². The van der Waals surface area contributed by atoms with E-state index in [2.05, 4.69) is 31.1 Å². The van der Waals surface area contributed by atoms with E-state index in [4.69, 9.17) is 0 Å². The Kier molecular flexibility index (Phi) is 2.78. The Labute approximate surface area is 90.9 Å². The van der Waals surface area contributed by atoms with Crippen molar-refractivity contribution < 1.29 is 0 Å². The number of amidine groups is 1. The van der Waals surface area contributed by atoms with Crippen molar-refractivity contribution in [3.8, 4) is 0 Å². The van der Waals surface area contributed by atoms with Gasteiger partial charge in [-0.2, -0.15) is 0 Å². The monoisotopic (exact) mass is 212 g/mol. The summed E-state index contributed by atoms with van der Waals surface area (Å²) in [6, 6.07) is 0. The van der Waals surface area contributed by atoms with E-state index in [0.29, 0.717) is 5.41 Å². The predicted octanol–water partition coefficient (Wildman–Crippen LogP) is 2.50. The summed E-state index contributed by atoms with van der Waals surface area (Å²) in [7, 11) is 0.